The van der Waals surface area contributed by atoms with Crippen LogP contribution in [-0.4, -0.2) is 35.4 Å². The molecule has 3 rings (SSSR count). The Labute approximate surface area is 156 Å². The van der Waals surface area contributed by atoms with Gasteiger partial charge in [-0.1, -0.05) is 6.07 Å². The van der Waals surface area contributed by atoms with Crippen LogP contribution in [0.3, 0.4) is 0 Å². The Morgan fingerprint density at radius 2 is 1.85 bits per heavy atom. The Kier molecular flexibility index (Phi) is 6.11. The van der Waals surface area contributed by atoms with Crippen LogP contribution < -0.4 is 5.32 Å². The standard InChI is InChI=1S/C20H22F3N3O/c21-20(22,23)18-5-3-17(4-6-18)19(27)25-13-15-7-10-26(11-8-15)14-16-2-1-9-24-12-16/h1-6,9,12,15H,7-8,10-11,13-14H2,(H,25,27). The average Bonchev–Trinajstić information content (AvgIpc) is 2.67. The maximum atomic E-state index is 12.6. The predicted molar refractivity (Wildman–Crippen MR) is 96.0 cm³/mol. The zero-order valence-electron chi connectivity index (χ0n) is 14.9. The lowest BCUT2D eigenvalue weighted by atomic mass is 9.96. The second-order valence-electron chi connectivity index (χ2n) is 6.87. The van der Waals surface area contributed by atoms with E-state index in [2.05, 4.69) is 21.3 Å². The van der Waals surface area contributed by atoms with E-state index in [4.69, 9.17) is 0 Å². The van der Waals surface area contributed by atoms with E-state index in [-0.39, 0.29) is 11.5 Å². The van der Waals surface area contributed by atoms with E-state index >= 15 is 0 Å². The molecule has 27 heavy (non-hydrogen) atoms. The highest BCUT2D eigenvalue weighted by Gasteiger charge is 2.30. The van der Waals surface area contributed by atoms with Gasteiger partial charge < -0.3 is 5.32 Å². The second-order valence-corrected chi connectivity index (χ2v) is 6.87. The molecule has 4 nitrogen and oxygen atoms in total. The lowest BCUT2D eigenvalue weighted by molar-refractivity contribution is -0.137. The van der Waals surface area contributed by atoms with Crippen LogP contribution >= 0.6 is 0 Å². The summed E-state index contributed by atoms with van der Waals surface area (Å²) in [7, 11) is 0. The molecule has 0 spiro atoms. The van der Waals surface area contributed by atoms with Crippen molar-refractivity contribution < 1.29 is 18.0 Å². The number of benzene rings is 1. The smallest absolute Gasteiger partial charge is 0.352 e. The van der Waals surface area contributed by atoms with Crippen LogP contribution in [0.2, 0.25) is 0 Å². The normalized spacial score (nSPS) is 16.3. The van der Waals surface area contributed by atoms with E-state index in [9.17, 15) is 18.0 Å². The number of aromatic nitrogens is 1. The number of piperidine rings is 1. The first-order valence-electron chi connectivity index (χ1n) is 8.98. The molecule has 7 heteroatoms. The first kappa shape index (κ1) is 19.4. The van der Waals surface area contributed by atoms with Crippen molar-refractivity contribution in [2.24, 2.45) is 5.92 Å². The highest BCUT2D eigenvalue weighted by Crippen LogP contribution is 2.29. The van der Waals surface area contributed by atoms with Crippen LogP contribution in [-0.2, 0) is 12.7 Å². The fraction of sp³-hybridized carbons (Fsp3) is 0.400. The molecule has 0 unspecified atom stereocenters. The lowest BCUT2D eigenvalue weighted by Gasteiger charge is -2.32. The number of hydrogen-bond acceptors (Lipinski definition) is 3. The van der Waals surface area contributed by atoms with Crippen molar-refractivity contribution in [3.8, 4) is 0 Å². The Bertz CT molecular complexity index is 739. The molecule has 1 aromatic carbocycles. The highest BCUT2D eigenvalue weighted by atomic mass is 19.4. The van der Waals surface area contributed by atoms with Gasteiger partial charge in [0.25, 0.3) is 5.91 Å². The maximum absolute atomic E-state index is 12.6. The lowest BCUT2D eigenvalue weighted by Crippen LogP contribution is -2.38. The van der Waals surface area contributed by atoms with Crippen LogP contribution in [0, 0.1) is 5.92 Å². The fourth-order valence-electron chi connectivity index (χ4n) is 3.25. The number of carbonyl (C=O) groups is 1. The number of nitrogens with one attached hydrogen (secondary N) is 1. The van der Waals surface area contributed by atoms with Gasteiger partial charge in [-0.15, -0.1) is 0 Å². The van der Waals surface area contributed by atoms with Gasteiger partial charge in [0.15, 0.2) is 0 Å². The molecule has 1 aromatic heterocycles. The number of hydrogen-bond donors (Lipinski definition) is 1. The van der Waals surface area contributed by atoms with Crippen molar-refractivity contribution in [3.63, 3.8) is 0 Å². The zero-order valence-corrected chi connectivity index (χ0v) is 14.9. The molecule has 1 fully saturated rings. The minimum Gasteiger partial charge on any atom is -0.352 e. The molecule has 0 atom stereocenters. The molecule has 0 aliphatic carbocycles. The third-order valence-corrected chi connectivity index (χ3v) is 4.86. The van der Waals surface area contributed by atoms with Crippen LogP contribution in [0.4, 0.5) is 13.2 Å². The number of pyridine rings is 1. The molecule has 1 saturated heterocycles. The molecule has 0 bridgehead atoms. The van der Waals surface area contributed by atoms with E-state index in [1.165, 1.54) is 17.7 Å². The molecule has 1 amide bonds. The van der Waals surface area contributed by atoms with Gasteiger partial charge in [0, 0.05) is 31.0 Å². The monoisotopic (exact) mass is 377 g/mol. The molecule has 1 aliphatic rings. The van der Waals surface area contributed by atoms with E-state index in [0.29, 0.717) is 12.5 Å². The van der Waals surface area contributed by atoms with Crippen molar-refractivity contribution >= 4 is 5.91 Å². The van der Waals surface area contributed by atoms with Crippen molar-refractivity contribution in [1.29, 1.82) is 0 Å². The number of alkyl halides is 3. The number of amides is 1. The summed E-state index contributed by atoms with van der Waals surface area (Å²) in [6.07, 6.45) is 1.20. The minimum atomic E-state index is -4.39. The summed E-state index contributed by atoms with van der Waals surface area (Å²) in [4.78, 5) is 18.6. The molecule has 144 valence electrons. The predicted octanol–water partition coefficient (Wildman–Crippen LogP) is 3.74. The van der Waals surface area contributed by atoms with Crippen LogP contribution in [0.15, 0.2) is 48.8 Å². The second kappa shape index (κ2) is 8.52. The van der Waals surface area contributed by atoms with Crippen molar-refractivity contribution in [2.75, 3.05) is 19.6 Å². The van der Waals surface area contributed by atoms with Crippen LogP contribution in [0.25, 0.3) is 0 Å². The summed E-state index contributed by atoms with van der Waals surface area (Å²) in [5, 5.41) is 2.84. The summed E-state index contributed by atoms with van der Waals surface area (Å²) < 4.78 is 37.7. The van der Waals surface area contributed by atoms with Crippen molar-refractivity contribution in [2.45, 2.75) is 25.6 Å². The van der Waals surface area contributed by atoms with Gasteiger partial charge in [0.1, 0.15) is 0 Å². The summed E-state index contributed by atoms with van der Waals surface area (Å²) >= 11 is 0. The Morgan fingerprint density at radius 3 is 2.44 bits per heavy atom. The molecule has 1 aliphatic heterocycles. The van der Waals surface area contributed by atoms with Gasteiger partial charge in [0.2, 0.25) is 0 Å². The number of nitrogens with zero attached hydrogens (tertiary/aromatic N) is 2. The Morgan fingerprint density at radius 1 is 1.15 bits per heavy atom. The van der Waals surface area contributed by atoms with Crippen LogP contribution in [0.1, 0.15) is 34.3 Å². The quantitative estimate of drug-likeness (QED) is 0.863. The number of carbonyl (C=O) groups excluding carboxylic acids is 1. The molecular formula is C20H22F3N3O. The van der Waals surface area contributed by atoms with Crippen LogP contribution in [0.5, 0.6) is 0 Å². The Balaban J connectivity index is 1.42. The van der Waals surface area contributed by atoms with E-state index in [1.54, 1.807) is 6.20 Å². The minimum absolute atomic E-state index is 0.247. The first-order valence-corrected chi connectivity index (χ1v) is 8.98. The number of halogens is 3. The third-order valence-electron chi connectivity index (χ3n) is 4.86. The molecule has 2 heterocycles. The molecular weight excluding hydrogens is 355 g/mol. The summed E-state index contributed by atoms with van der Waals surface area (Å²) in [6, 6.07) is 8.29. The SMILES string of the molecule is O=C(NCC1CCN(Cc2cccnc2)CC1)c1ccc(C(F)(F)F)cc1. The van der Waals surface area contributed by atoms with Gasteiger partial charge >= 0.3 is 6.18 Å². The third kappa shape index (κ3) is 5.53. The molecule has 1 N–H and O–H groups in total. The number of rotatable bonds is 5. The zero-order chi connectivity index (χ0) is 19.3. The van der Waals surface area contributed by atoms with E-state index in [0.717, 1.165) is 44.6 Å². The van der Waals surface area contributed by atoms with Crippen molar-refractivity contribution in [1.82, 2.24) is 15.2 Å². The summed E-state index contributed by atoms with van der Waals surface area (Å²) in [6.45, 7) is 3.32. The molecule has 2 aromatic rings. The van der Waals surface area contributed by atoms with E-state index < -0.39 is 11.7 Å². The van der Waals surface area contributed by atoms with Crippen molar-refractivity contribution in [3.05, 3.63) is 65.5 Å². The number of likely N-dealkylation sites (tertiary alicyclic amines) is 1. The highest BCUT2D eigenvalue weighted by molar-refractivity contribution is 5.94. The van der Waals surface area contributed by atoms with Gasteiger partial charge in [-0.2, -0.15) is 13.2 Å². The molecule has 0 saturated carbocycles. The largest absolute Gasteiger partial charge is 0.416 e. The fourth-order valence-corrected chi connectivity index (χ4v) is 3.25. The average molecular weight is 377 g/mol. The maximum Gasteiger partial charge on any atom is 0.416 e. The van der Waals surface area contributed by atoms with Gasteiger partial charge in [-0.05, 0) is 67.7 Å². The van der Waals surface area contributed by atoms with Gasteiger partial charge in [-0.25, -0.2) is 0 Å². The summed E-state index contributed by atoms with van der Waals surface area (Å²) in [5.41, 5.74) is 0.684. The Hall–Kier alpha value is -2.41. The topological polar surface area (TPSA) is 45.2 Å². The summed E-state index contributed by atoms with van der Waals surface area (Å²) in [5.74, 6) is 0.0510. The van der Waals surface area contributed by atoms with Gasteiger partial charge in [-0.3, -0.25) is 14.7 Å². The van der Waals surface area contributed by atoms with E-state index in [1.807, 2.05) is 12.3 Å². The first-order chi connectivity index (χ1) is 12.9. The molecule has 0 radical (unpaired) electrons. The van der Waals surface area contributed by atoms with Gasteiger partial charge in [0.05, 0.1) is 5.56 Å².